The van der Waals surface area contributed by atoms with E-state index in [1.165, 1.54) is 0 Å². The Labute approximate surface area is 136 Å². The van der Waals surface area contributed by atoms with Crippen LogP contribution >= 0.6 is 0 Å². The number of nitrogens with zero attached hydrogens (tertiary/aromatic N) is 4. The summed E-state index contributed by atoms with van der Waals surface area (Å²) in [6, 6.07) is 1.73. The van der Waals surface area contributed by atoms with E-state index in [2.05, 4.69) is 10.4 Å². The van der Waals surface area contributed by atoms with Crippen molar-refractivity contribution in [2.24, 2.45) is 7.05 Å². The van der Waals surface area contributed by atoms with Crippen LogP contribution in [0.5, 0.6) is 0 Å². The molecule has 0 unspecified atom stereocenters. The van der Waals surface area contributed by atoms with Gasteiger partial charge in [-0.05, 0) is 26.8 Å². The molecule has 2 heterocycles. The molecule has 1 aliphatic heterocycles. The molecule has 1 aromatic heterocycles. The topological polar surface area (TPSA) is 79.7 Å². The molecule has 3 amide bonds. The Bertz CT molecular complexity index is 556. The van der Waals surface area contributed by atoms with E-state index in [0.29, 0.717) is 32.7 Å². The van der Waals surface area contributed by atoms with Crippen molar-refractivity contribution >= 4 is 12.1 Å². The summed E-state index contributed by atoms with van der Waals surface area (Å²) in [4.78, 5) is 27.5. The number of aryl methyl sites for hydroxylation is 1. The third-order valence-electron chi connectivity index (χ3n) is 3.56. The van der Waals surface area contributed by atoms with Crippen LogP contribution in [0.15, 0.2) is 12.3 Å². The van der Waals surface area contributed by atoms with Crippen LogP contribution in [0.1, 0.15) is 26.5 Å². The van der Waals surface area contributed by atoms with Gasteiger partial charge in [0.2, 0.25) is 0 Å². The normalized spacial score (nSPS) is 15.5. The second-order valence-electron chi connectivity index (χ2n) is 6.56. The van der Waals surface area contributed by atoms with Gasteiger partial charge in [0.1, 0.15) is 5.60 Å². The van der Waals surface area contributed by atoms with Crippen molar-refractivity contribution in [3.05, 3.63) is 18.0 Å². The SMILES string of the molecule is Cn1nccc1CNC(=O)N1CCN(C(=O)OC(C)(C)C)CC1. The molecule has 0 aliphatic carbocycles. The van der Waals surface area contributed by atoms with Gasteiger partial charge in [0.25, 0.3) is 0 Å². The smallest absolute Gasteiger partial charge is 0.410 e. The second-order valence-corrected chi connectivity index (χ2v) is 6.56. The monoisotopic (exact) mass is 323 g/mol. The lowest BCUT2D eigenvalue weighted by Crippen LogP contribution is -2.53. The van der Waals surface area contributed by atoms with Crippen LogP contribution < -0.4 is 5.32 Å². The lowest BCUT2D eigenvalue weighted by atomic mass is 10.2. The van der Waals surface area contributed by atoms with E-state index < -0.39 is 5.60 Å². The second kappa shape index (κ2) is 6.89. The fourth-order valence-corrected chi connectivity index (χ4v) is 2.27. The molecule has 1 saturated heterocycles. The lowest BCUT2D eigenvalue weighted by molar-refractivity contribution is 0.0170. The lowest BCUT2D eigenvalue weighted by Gasteiger charge is -2.35. The zero-order valence-corrected chi connectivity index (χ0v) is 14.2. The zero-order chi connectivity index (χ0) is 17.0. The molecule has 1 fully saturated rings. The molecule has 1 aromatic rings. The maximum absolute atomic E-state index is 12.2. The molecule has 2 rings (SSSR count). The van der Waals surface area contributed by atoms with Crippen LogP contribution in [0.3, 0.4) is 0 Å². The van der Waals surface area contributed by atoms with Crippen LogP contribution in [-0.2, 0) is 18.3 Å². The first-order valence-corrected chi connectivity index (χ1v) is 7.74. The largest absolute Gasteiger partial charge is 0.444 e. The third kappa shape index (κ3) is 4.87. The van der Waals surface area contributed by atoms with Crippen molar-refractivity contribution in [2.45, 2.75) is 32.9 Å². The van der Waals surface area contributed by atoms with Crippen LogP contribution in [-0.4, -0.2) is 63.5 Å². The Morgan fingerprint density at radius 1 is 1.22 bits per heavy atom. The molecule has 0 atom stereocenters. The average molecular weight is 323 g/mol. The van der Waals surface area contributed by atoms with E-state index in [-0.39, 0.29) is 12.1 Å². The summed E-state index contributed by atoms with van der Waals surface area (Å²) in [5.41, 5.74) is 0.431. The van der Waals surface area contributed by atoms with Crippen LogP contribution in [0.4, 0.5) is 9.59 Å². The molecule has 0 saturated carbocycles. The molecule has 1 N–H and O–H groups in total. The van der Waals surface area contributed by atoms with Gasteiger partial charge < -0.3 is 19.9 Å². The van der Waals surface area contributed by atoms with Gasteiger partial charge in [-0.1, -0.05) is 0 Å². The standard InChI is InChI=1S/C15H25N5O3/c1-15(2,3)23-14(22)20-9-7-19(8-10-20)13(21)16-11-12-5-6-17-18(12)4/h5-6H,7-11H2,1-4H3,(H,16,21). The van der Waals surface area contributed by atoms with Crippen molar-refractivity contribution in [3.63, 3.8) is 0 Å². The Kier molecular flexibility index (Phi) is 5.12. The predicted molar refractivity (Wildman–Crippen MR) is 84.8 cm³/mol. The molecule has 23 heavy (non-hydrogen) atoms. The number of piperazine rings is 1. The van der Waals surface area contributed by atoms with Crippen molar-refractivity contribution in [1.29, 1.82) is 0 Å². The minimum absolute atomic E-state index is 0.130. The molecule has 8 heteroatoms. The summed E-state index contributed by atoms with van der Waals surface area (Å²) < 4.78 is 7.06. The highest BCUT2D eigenvalue weighted by molar-refractivity contribution is 5.75. The summed E-state index contributed by atoms with van der Waals surface area (Å²) in [7, 11) is 1.83. The number of hydrogen-bond donors (Lipinski definition) is 1. The number of carbonyl (C=O) groups is 2. The van der Waals surface area contributed by atoms with Crippen molar-refractivity contribution in [1.82, 2.24) is 24.9 Å². The first-order chi connectivity index (χ1) is 10.8. The van der Waals surface area contributed by atoms with E-state index in [1.54, 1.807) is 20.7 Å². The minimum atomic E-state index is -0.505. The maximum Gasteiger partial charge on any atom is 0.410 e. The number of nitrogens with one attached hydrogen (secondary N) is 1. The fraction of sp³-hybridized carbons (Fsp3) is 0.667. The van der Waals surface area contributed by atoms with Crippen LogP contribution in [0.25, 0.3) is 0 Å². The molecule has 0 spiro atoms. The van der Waals surface area contributed by atoms with Gasteiger partial charge in [0.05, 0.1) is 12.2 Å². The highest BCUT2D eigenvalue weighted by atomic mass is 16.6. The predicted octanol–water partition coefficient (Wildman–Crippen LogP) is 1.18. The number of ether oxygens (including phenoxy) is 1. The minimum Gasteiger partial charge on any atom is -0.444 e. The maximum atomic E-state index is 12.2. The Hall–Kier alpha value is -2.25. The number of rotatable bonds is 2. The van der Waals surface area contributed by atoms with Gasteiger partial charge in [-0.2, -0.15) is 5.10 Å². The van der Waals surface area contributed by atoms with Crippen LogP contribution in [0, 0.1) is 0 Å². The van der Waals surface area contributed by atoms with Gasteiger partial charge in [-0.25, -0.2) is 9.59 Å². The van der Waals surface area contributed by atoms with Gasteiger partial charge in [-0.3, -0.25) is 4.68 Å². The summed E-state index contributed by atoms with van der Waals surface area (Å²) in [5, 5.41) is 6.93. The van der Waals surface area contributed by atoms with Crippen LogP contribution in [0.2, 0.25) is 0 Å². The van der Waals surface area contributed by atoms with Gasteiger partial charge in [0.15, 0.2) is 0 Å². The number of hydrogen-bond acceptors (Lipinski definition) is 4. The van der Waals surface area contributed by atoms with E-state index in [0.717, 1.165) is 5.69 Å². The van der Waals surface area contributed by atoms with E-state index in [9.17, 15) is 9.59 Å². The zero-order valence-electron chi connectivity index (χ0n) is 14.2. The molecule has 128 valence electrons. The molecule has 8 nitrogen and oxygen atoms in total. The molecule has 1 aliphatic rings. The van der Waals surface area contributed by atoms with E-state index in [4.69, 9.17) is 4.74 Å². The van der Waals surface area contributed by atoms with Crippen molar-refractivity contribution in [2.75, 3.05) is 26.2 Å². The summed E-state index contributed by atoms with van der Waals surface area (Å²) >= 11 is 0. The quantitative estimate of drug-likeness (QED) is 0.886. The third-order valence-corrected chi connectivity index (χ3v) is 3.56. The molecular formula is C15H25N5O3. The number of amides is 3. The number of urea groups is 1. The molecular weight excluding hydrogens is 298 g/mol. The Balaban J connectivity index is 1.76. The molecule has 0 radical (unpaired) electrons. The van der Waals surface area contributed by atoms with Crippen molar-refractivity contribution < 1.29 is 14.3 Å². The molecule has 0 bridgehead atoms. The molecule has 0 aromatic carbocycles. The van der Waals surface area contributed by atoms with E-state index in [1.807, 2.05) is 33.9 Å². The van der Waals surface area contributed by atoms with Gasteiger partial charge in [-0.15, -0.1) is 0 Å². The Morgan fingerprint density at radius 3 is 2.35 bits per heavy atom. The highest BCUT2D eigenvalue weighted by Gasteiger charge is 2.27. The first kappa shape index (κ1) is 17.1. The highest BCUT2D eigenvalue weighted by Crippen LogP contribution is 2.12. The average Bonchev–Trinajstić information content (AvgIpc) is 2.88. The van der Waals surface area contributed by atoms with Crippen molar-refractivity contribution in [3.8, 4) is 0 Å². The number of carbonyl (C=O) groups excluding carboxylic acids is 2. The van der Waals surface area contributed by atoms with Gasteiger partial charge >= 0.3 is 12.1 Å². The number of aromatic nitrogens is 2. The summed E-state index contributed by atoms with van der Waals surface area (Å²) in [5.74, 6) is 0. The first-order valence-electron chi connectivity index (χ1n) is 7.74. The van der Waals surface area contributed by atoms with E-state index >= 15 is 0 Å². The fourth-order valence-electron chi connectivity index (χ4n) is 2.27. The summed E-state index contributed by atoms with van der Waals surface area (Å²) in [6.07, 6.45) is 1.37. The van der Waals surface area contributed by atoms with Gasteiger partial charge in [0, 0.05) is 39.4 Å². The summed E-state index contributed by atoms with van der Waals surface area (Å²) in [6.45, 7) is 7.91. The Morgan fingerprint density at radius 2 is 1.83 bits per heavy atom.